The first-order chi connectivity index (χ1) is 13.2. The third-order valence-electron chi connectivity index (χ3n) is 6.18. The molecule has 2 fully saturated rings. The maximum Gasteiger partial charge on any atom is 0.410 e. The Hall–Kier alpha value is -1.95. The topological polar surface area (TPSA) is 68.2 Å². The van der Waals surface area contributed by atoms with Crippen LogP contribution in [0.25, 0.3) is 0 Å². The summed E-state index contributed by atoms with van der Waals surface area (Å²) in [7, 11) is 0. The van der Waals surface area contributed by atoms with E-state index in [1.54, 1.807) is 17.0 Å². The van der Waals surface area contributed by atoms with Crippen molar-refractivity contribution in [3.63, 3.8) is 0 Å². The summed E-state index contributed by atoms with van der Waals surface area (Å²) in [4.78, 5) is 14.2. The number of carbonyl (C=O) groups is 1. The van der Waals surface area contributed by atoms with Crippen molar-refractivity contribution in [3.05, 3.63) is 23.8 Å². The van der Waals surface area contributed by atoms with Gasteiger partial charge in [0.1, 0.15) is 22.7 Å². The molecule has 6 heteroatoms. The lowest BCUT2D eigenvalue weighted by Gasteiger charge is -2.54. The van der Waals surface area contributed by atoms with Crippen LogP contribution in [-0.2, 0) is 9.47 Å². The maximum absolute atomic E-state index is 12.5. The lowest BCUT2D eigenvalue weighted by molar-refractivity contribution is -0.169. The number of rotatable bonds is 0. The van der Waals surface area contributed by atoms with Gasteiger partial charge in [-0.3, -0.25) is 0 Å². The lowest BCUT2D eigenvalue weighted by Crippen LogP contribution is -2.58. The summed E-state index contributed by atoms with van der Waals surface area (Å²) in [6.07, 6.45) is 3.44. The van der Waals surface area contributed by atoms with Gasteiger partial charge in [-0.05, 0) is 52.7 Å². The van der Waals surface area contributed by atoms with Gasteiger partial charge in [0.2, 0.25) is 0 Å². The van der Waals surface area contributed by atoms with Crippen LogP contribution in [0.1, 0.15) is 65.0 Å². The number of piperidine rings is 1. The molecule has 1 aromatic carbocycles. The Morgan fingerprint density at radius 3 is 2.64 bits per heavy atom. The van der Waals surface area contributed by atoms with Gasteiger partial charge >= 0.3 is 6.09 Å². The molecule has 0 aromatic heterocycles. The molecule has 3 heterocycles. The lowest BCUT2D eigenvalue weighted by atomic mass is 9.69. The van der Waals surface area contributed by atoms with Gasteiger partial charge in [-0.15, -0.1) is 0 Å². The summed E-state index contributed by atoms with van der Waals surface area (Å²) in [5.74, 6) is 1.16. The Morgan fingerprint density at radius 1 is 1.25 bits per heavy atom. The van der Waals surface area contributed by atoms with Crippen molar-refractivity contribution in [1.82, 2.24) is 4.90 Å². The third kappa shape index (κ3) is 3.54. The highest BCUT2D eigenvalue weighted by Crippen LogP contribution is 2.54. The molecule has 0 aliphatic carbocycles. The van der Waals surface area contributed by atoms with Crippen molar-refractivity contribution in [2.75, 3.05) is 13.1 Å². The van der Waals surface area contributed by atoms with Gasteiger partial charge in [-0.1, -0.05) is 0 Å². The van der Waals surface area contributed by atoms with E-state index in [0.29, 0.717) is 18.8 Å². The van der Waals surface area contributed by atoms with Crippen molar-refractivity contribution in [1.29, 1.82) is 0 Å². The molecule has 0 radical (unpaired) electrons. The van der Waals surface area contributed by atoms with Crippen LogP contribution in [0.15, 0.2) is 18.2 Å². The zero-order valence-corrected chi connectivity index (χ0v) is 17.2. The van der Waals surface area contributed by atoms with E-state index >= 15 is 0 Å². The second-order valence-electron chi connectivity index (χ2n) is 9.41. The molecule has 0 bridgehead atoms. The number of nitrogens with zero attached hydrogens (tertiary/aromatic N) is 1. The molecule has 3 atom stereocenters. The minimum Gasteiger partial charge on any atom is -0.508 e. The molecular weight excluding hydrogens is 358 g/mol. The van der Waals surface area contributed by atoms with Crippen molar-refractivity contribution >= 4 is 6.09 Å². The molecule has 6 nitrogen and oxygen atoms in total. The van der Waals surface area contributed by atoms with Crippen LogP contribution >= 0.6 is 0 Å². The van der Waals surface area contributed by atoms with Crippen LogP contribution < -0.4 is 4.74 Å². The Kier molecular flexibility index (Phi) is 4.73. The first-order valence-corrected chi connectivity index (χ1v) is 10.3. The fourth-order valence-corrected chi connectivity index (χ4v) is 4.82. The fourth-order valence-electron chi connectivity index (χ4n) is 4.82. The summed E-state index contributed by atoms with van der Waals surface area (Å²) >= 11 is 0. The van der Waals surface area contributed by atoms with E-state index in [4.69, 9.17) is 14.2 Å². The van der Waals surface area contributed by atoms with Gasteiger partial charge < -0.3 is 24.2 Å². The van der Waals surface area contributed by atoms with Gasteiger partial charge in [0.25, 0.3) is 0 Å². The second kappa shape index (κ2) is 6.83. The first-order valence-electron chi connectivity index (χ1n) is 10.3. The number of carbonyl (C=O) groups excluding carboxylic acids is 1. The van der Waals surface area contributed by atoms with E-state index in [-0.39, 0.29) is 35.6 Å². The molecule has 1 spiro atoms. The van der Waals surface area contributed by atoms with E-state index in [2.05, 4.69) is 6.92 Å². The van der Waals surface area contributed by atoms with Gasteiger partial charge in [-0.2, -0.15) is 0 Å². The number of ether oxygens (including phenoxy) is 3. The van der Waals surface area contributed by atoms with E-state index in [1.807, 2.05) is 26.8 Å². The van der Waals surface area contributed by atoms with Crippen molar-refractivity contribution in [2.24, 2.45) is 5.92 Å². The van der Waals surface area contributed by atoms with E-state index in [9.17, 15) is 9.90 Å². The summed E-state index contributed by atoms with van der Waals surface area (Å²) in [5, 5.41) is 9.96. The molecule has 4 rings (SSSR count). The number of hydrogen-bond acceptors (Lipinski definition) is 5. The van der Waals surface area contributed by atoms with Crippen LogP contribution in [0.2, 0.25) is 0 Å². The highest BCUT2D eigenvalue weighted by atomic mass is 16.6. The second-order valence-corrected chi connectivity index (χ2v) is 9.41. The summed E-state index contributed by atoms with van der Waals surface area (Å²) in [6.45, 7) is 8.96. The normalized spacial score (nSPS) is 28.9. The number of fused-ring (bicyclic) bond motifs is 4. The molecule has 1 amide bonds. The average molecular weight is 389 g/mol. The van der Waals surface area contributed by atoms with E-state index in [0.717, 1.165) is 31.2 Å². The number of aromatic hydroxyl groups is 1. The smallest absolute Gasteiger partial charge is 0.410 e. The first kappa shape index (κ1) is 19.4. The van der Waals surface area contributed by atoms with Crippen LogP contribution in [0.3, 0.4) is 0 Å². The minimum atomic E-state index is -0.498. The van der Waals surface area contributed by atoms with Crippen LogP contribution in [0.4, 0.5) is 4.79 Å². The number of amides is 1. The highest BCUT2D eigenvalue weighted by molar-refractivity contribution is 5.68. The highest BCUT2D eigenvalue weighted by Gasteiger charge is 2.53. The zero-order chi connectivity index (χ0) is 20.1. The number of hydrogen-bond donors (Lipinski definition) is 1. The van der Waals surface area contributed by atoms with Gasteiger partial charge in [0, 0.05) is 43.5 Å². The van der Waals surface area contributed by atoms with Gasteiger partial charge in [0.15, 0.2) is 0 Å². The summed E-state index contributed by atoms with van der Waals surface area (Å²) < 4.78 is 18.4. The van der Waals surface area contributed by atoms with Crippen LogP contribution in [-0.4, -0.2) is 46.5 Å². The minimum absolute atomic E-state index is 0.0267. The Balaban J connectivity index is 1.57. The Morgan fingerprint density at radius 2 is 1.96 bits per heavy atom. The third-order valence-corrected chi connectivity index (χ3v) is 6.18. The fraction of sp³-hybridized carbons (Fsp3) is 0.682. The van der Waals surface area contributed by atoms with E-state index in [1.165, 1.54) is 0 Å². The molecule has 2 saturated heterocycles. The maximum atomic E-state index is 12.5. The summed E-state index contributed by atoms with van der Waals surface area (Å²) in [5.41, 5.74) is 0.154. The van der Waals surface area contributed by atoms with Gasteiger partial charge in [-0.25, -0.2) is 4.79 Å². The monoisotopic (exact) mass is 389 g/mol. The van der Waals surface area contributed by atoms with E-state index < -0.39 is 5.60 Å². The molecule has 28 heavy (non-hydrogen) atoms. The molecule has 1 aromatic rings. The number of phenolic OH excluding ortho intramolecular Hbond substituents is 1. The molecule has 154 valence electrons. The number of benzene rings is 1. The summed E-state index contributed by atoms with van der Waals surface area (Å²) in [6, 6.07) is 5.31. The molecule has 3 aliphatic rings. The van der Waals surface area contributed by atoms with Crippen molar-refractivity contribution in [3.8, 4) is 11.5 Å². The number of phenols is 1. The SMILES string of the molecule is C[C@@H]1CC[C@@H]2[C@@H](O1)c1ccc(O)cc1OC21CCN(C(=O)OC(C)(C)C)CC1. The van der Waals surface area contributed by atoms with Crippen molar-refractivity contribution in [2.45, 2.75) is 76.8 Å². The van der Waals surface area contributed by atoms with Crippen molar-refractivity contribution < 1.29 is 24.1 Å². The molecule has 0 saturated carbocycles. The number of likely N-dealkylation sites (tertiary alicyclic amines) is 1. The van der Waals surface area contributed by atoms with Crippen LogP contribution in [0, 0.1) is 5.92 Å². The molecule has 0 unspecified atom stereocenters. The zero-order valence-electron chi connectivity index (χ0n) is 17.2. The Bertz CT molecular complexity index is 748. The Labute approximate surface area is 166 Å². The predicted molar refractivity (Wildman–Crippen MR) is 105 cm³/mol. The van der Waals surface area contributed by atoms with Gasteiger partial charge in [0.05, 0.1) is 12.2 Å². The molecular formula is C22H31NO5. The van der Waals surface area contributed by atoms with Crippen LogP contribution in [0.5, 0.6) is 11.5 Å². The average Bonchev–Trinajstić information content (AvgIpc) is 2.60. The largest absolute Gasteiger partial charge is 0.508 e. The molecule has 3 aliphatic heterocycles. The standard InChI is InChI=1S/C22H31NO5/c1-14-5-8-17-19(26-14)16-7-6-15(24)13-18(16)27-22(17)9-11-23(12-10-22)20(25)28-21(2,3)4/h6-7,13-14,17,19,24H,5,8-12H2,1-4H3/t14-,17-,19+/m1/s1. The quantitative estimate of drug-likeness (QED) is 0.712. The molecule has 1 N–H and O–H groups in total. The predicted octanol–water partition coefficient (Wildman–Crippen LogP) is 4.41.